The van der Waals surface area contributed by atoms with Crippen LogP contribution in [0.1, 0.15) is 37.0 Å². The van der Waals surface area contributed by atoms with E-state index in [1.165, 1.54) is 6.07 Å². The summed E-state index contributed by atoms with van der Waals surface area (Å²) in [4.78, 5) is 4.60. The lowest BCUT2D eigenvalue weighted by Crippen LogP contribution is -2.43. The first-order valence-corrected chi connectivity index (χ1v) is 12.1. The first kappa shape index (κ1) is 21.0. The van der Waals surface area contributed by atoms with Gasteiger partial charge < -0.3 is 10.1 Å². The van der Waals surface area contributed by atoms with Gasteiger partial charge in [-0.2, -0.15) is 0 Å². The number of rotatable bonds is 5. The van der Waals surface area contributed by atoms with Gasteiger partial charge in [0.15, 0.2) is 5.65 Å². The van der Waals surface area contributed by atoms with Crippen molar-refractivity contribution in [2.75, 3.05) is 18.2 Å². The van der Waals surface area contributed by atoms with E-state index in [2.05, 4.69) is 33.5 Å². The molecule has 2 aliphatic rings. The molecule has 2 aliphatic heterocycles. The summed E-state index contributed by atoms with van der Waals surface area (Å²) in [5.74, 6) is 1.03. The summed E-state index contributed by atoms with van der Waals surface area (Å²) >= 11 is 0. The topological polar surface area (TPSA) is 84.7 Å². The maximum Gasteiger partial charge on any atom is 0.210 e. The standard InChI is InChI=1S/C22H25FN6O2S/c1-13-8-15(9-14(2)29(13)32(3)30)17-10-24-22(28-12-26-27-21(17)28)25-11-18-16-6-7-31-20(16)5-4-19(18)23/h4-5,8,10,12-14H,6-7,9,11H2,1-3H3,(H,24,25). The molecule has 0 saturated carbocycles. The molecule has 0 radical (unpaired) electrons. The third kappa shape index (κ3) is 3.57. The van der Waals surface area contributed by atoms with Crippen molar-refractivity contribution in [3.63, 3.8) is 0 Å². The van der Waals surface area contributed by atoms with E-state index in [1.54, 1.807) is 29.2 Å². The van der Waals surface area contributed by atoms with E-state index in [1.807, 2.05) is 11.2 Å². The lowest BCUT2D eigenvalue weighted by Gasteiger charge is -2.35. The molecule has 0 fully saturated rings. The number of nitrogens with one attached hydrogen (secondary N) is 1. The third-order valence-electron chi connectivity index (χ3n) is 6.13. The Kier molecular flexibility index (Phi) is 5.42. The van der Waals surface area contributed by atoms with Crippen LogP contribution in [0.2, 0.25) is 0 Å². The highest BCUT2D eigenvalue weighted by Crippen LogP contribution is 2.33. The van der Waals surface area contributed by atoms with Crippen LogP contribution in [0.25, 0.3) is 11.2 Å². The van der Waals surface area contributed by atoms with Crippen LogP contribution in [0.15, 0.2) is 30.7 Å². The normalized spacial score (nSPS) is 21.8. The van der Waals surface area contributed by atoms with Crippen LogP contribution in [0.3, 0.4) is 0 Å². The maximum atomic E-state index is 14.5. The average Bonchev–Trinajstić information content (AvgIpc) is 3.42. The zero-order valence-electron chi connectivity index (χ0n) is 18.2. The smallest absolute Gasteiger partial charge is 0.210 e. The van der Waals surface area contributed by atoms with Crippen molar-refractivity contribution in [3.8, 4) is 5.75 Å². The number of hydrogen-bond donors (Lipinski definition) is 1. The second kappa shape index (κ2) is 8.25. The lowest BCUT2D eigenvalue weighted by atomic mass is 9.95. The molecule has 0 bridgehead atoms. The molecule has 0 aliphatic carbocycles. The Morgan fingerprint density at radius 2 is 2.19 bits per heavy atom. The highest BCUT2D eigenvalue weighted by Gasteiger charge is 2.29. The summed E-state index contributed by atoms with van der Waals surface area (Å²) in [6.07, 6.45) is 8.65. The zero-order valence-corrected chi connectivity index (χ0v) is 19.0. The molecule has 3 unspecified atom stereocenters. The van der Waals surface area contributed by atoms with Gasteiger partial charge in [0.2, 0.25) is 5.95 Å². The van der Waals surface area contributed by atoms with E-state index in [9.17, 15) is 8.60 Å². The molecule has 1 aromatic carbocycles. The van der Waals surface area contributed by atoms with Gasteiger partial charge in [-0.15, -0.1) is 10.2 Å². The van der Waals surface area contributed by atoms with Crippen LogP contribution >= 0.6 is 0 Å². The van der Waals surface area contributed by atoms with Gasteiger partial charge in [-0.1, -0.05) is 6.08 Å². The highest BCUT2D eigenvalue weighted by atomic mass is 32.2. The molecule has 4 heterocycles. The summed E-state index contributed by atoms with van der Waals surface area (Å²) in [7, 11) is -1.04. The number of ether oxygens (including phenoxy) is 1. The Bertz CT molecular complexity index is 1240. The summed E-state index contributed by atoms with van der Waals surface area (Å²) < 4.78 is 35.9. The average molecular weight is 457 g/mol. The second-order valence-electron chi connectivity index (χ2n) is 8.24. The number of aromatic nitrogens is 4. The molecule has 10 heteroatoms. The molecule has 3 aromatic rings. The van der Waals surface area contributed by atoms with Crippen LogP contribution in [0, 0.1) is 5.82 Å². The number of benzene rings is 1. The van der Waals surface area contributed by atoms with E-state index in [0.717, 1.165) is 28.9 Å². The Balaban J connectivity index is 1.45. The Hall–Kier alpha value is -2.85. The highest BCUT2D eigenvalue weighted by molar-refractivity contribution is 7.81. The van der Waals surface area contributed by atoms with Crippen LogP contribution in [0.4, 0.5) is 10.3 Å². The van der Waals surface area contributed by atoms with E-state index in [4.69, 9.17) is 4.74 Å². The van der Waals surface area contributed by atoms with Crippen molar-refractivity contribution in [1.29, 1.82) is 0 Å². The zero-order chi connectivity index (χ0) is 22.4. The summed E-state index contributed by atoms with van der Waals surface area (Å²) in [6, 6.07) is 3.28. The molecule has 32 heavy (non-hydrogen) atoms. The number of fused-ring (bicyclic) bond motifs is 2. The maximum absolute atomic E-state index is 14.5. The molecular formula is C22H25FN6O2S. The van der Waals surface area contributed by atoms with E-state index in [-0.39, 0.29) is 24.4 Å². The summed E-state index contributed by atoms with van der Waals surface area (Å²) in [6.45, 7) is 4.97. The molecule has 2 aromatic heterocycles. The third-order valence-corrected chi connectivity index (χ3v) is 7.42. The van der Waals surface area contributed by atoms with Gasteiger partial charge in [0, 0.05) is 54.2 Å². The van der Waals surface area contributed by atoms with Crippen LogP contribution in [0.5, 0.6) is 5.75 Å². The van der Waals surface area contributed by atoms with Gasteiger partial charge in [-0.25, -0.2) is 17.9 Å². The summed E-state index contributed by atoms with van der Waals surface area (Å²) in [5.41, 5.74) is 4.18. The first-order chi connectivity index (χ1) is 15.4. The van der Waals surface area contributed by atoms with Gasteiger partial charge in [-0.05, 0) is 38.0 Å². The Morgan fingerprint density at radius 1 is 1.34 bits per heavy atom. The lowest BCUT2D eigenvalue weighted by molar-refractivity contribution is 0.318. The van der Waals surface area contributed by atoms with Crippen molar-refractivity contribution >= 4 is 28.2 Å². The van der Waals surface area contributed by atoms with Crippen LogP contribution < -0.4 is 10.1 Å². The van der Waals surface area contributed by atoms with Crippen molar-refractivity contribution in [3.05, 3.63) is 53.2 Å². The molecule has 0 amide bonds. The minimum absolute atomic E-state index is 0.0331. The van der Waals surface area contributed by atoms with Gasteiger partial charge in [0.25, 0.3) is 0 Å². The van der Waals surface area contributed by atoms with Gasteiger partial charge in [-0.3, -0.25) is 4.40 Å². The Labute approximate surface area is 188 Å². The van der Waals surface area contributed by atoms with Gasteiger partial charge in [0.05, 0.1) is 17.6 Å². The van der Waals surface area contributed by atoms with Crippen molar-refractivity contribution in [2.24, 2.45) is 0 Å². The molecule has 0 spiro atoms. The fourth-order valence-corrected chi connectivity index (χ4v) is 5.89. The predicted molar refractivity (Wildman–Crippen MR) is 121 cm³/mol. The molecule has 3 atom stereocenters. The minimum atomic E-state index is -1.04. The largest absolute Gasteiger partial charge is 0.493 e. The quantitative estimate of drug-likeness (QED) is 0.636. The first-order valence-electron chi connectivity index (χ1n) is 10.6. The molecular weight excluding hydrogens is 431 g/mol. The second-order valence-corrected chi connectivity index (χ2v) is 9.51. The molecule has 5 rings (SSSR count). The molecule has 8 nitrogen and oxygen atoms in total. The molecule has 168 valence electrons. The van der Waals surface area contributed by atoms with Crippen molar-refractivity contribution < 1.29 is 13.3 Å². The number of halogens is 1. The fourth-order valence-electron chi connectivity index (χ4n) is 4.78. The van der Waals surface area contributed by atoms with Crippen molar-refractivity contribution in [2.45, 2.75) is 45.3 Å². The van der Waals surface area contributed by atoms with E-state index < -0.39 is 11.0 Å². The number of anilines is 1. The van der Waals surface area contributed by atoms with Gasteiger partial charge >= 0.3 is 0 Å². The predicted octanol–water partition coefficient (Wildman–Crippen LogP) is 2.97. The number of hydrogen-bond acceptors (Lipinski definition) is 6. The van der Waals surface area contributed by atoms with Gasteiger partial charge in [0.1, 0.15) is 17.9 Å². The van der Waals surface area contributed by atoms with E-state index in [0.29, 0.717) is 30.2 Å². The Morgan fingerprint density at radius 3 is 2.97 bits per heavy atom. The summed E-state index contributed by atoms with van der Waals surface area (Å²) in [5, 5.41) is 11.6. The van der Waals surface area contributed by atoms with Crippen molar-refractivity contribution in [1.82, 2.24) is 23.9 Å². The number of nitrogens with zero attached hydrogens (tertiary/aromatic N) is 5. The minimum Gasteiger partial charge on any atom is -0.493 e. The molecule has 1 N–H and O–H groups in total. The van der Waals surface area contributed by atoms with Crippen LogP contribution in [-0.4, -0.2) is 53.0 Å². The molecule has 0 saturated heterocycles. The fraction of sp³-hybridized carbons (Fsp3) is 0.409. The van der Waals surface area contributed by atoms with E-state index >= 15 is 0 Å². The van der Waals surface area contributed by atoms with Crippen LogP contribution in [-0.2, 0) is 24.0 Å². The monoisotopic (exact) mass is 456 g/mol. The SMILES string of the molecule is CC1C=C(c2cnc(NCc3c(F)ccc4c3CCO4)n3cnnc23)CC(C)N1S(C)=O.